The van der Waals surface area contributed by atoms with Crippen LogP contribution >= 0.6 is 0 Å². The van der Waals surface area contributed by atoms with Gasteiger partial charge in [-0.15, -0.1) is 0 Å². The van der Waals surface area contributed by atoms with Crippen LogP contribution in [0.2, 0.25) is 0 Å². The van der Waals surface area contributed by atoms with Crippen LogP contribution < -0.4 is 20.7 Å². The minimum Gasteiger partial charge on any atom is -0.496 e. The van der Waals surface area contributed by atoms with Gasteiger partial charge in [0.25, 0.3) is 5.91 Å². The number of ether oxygens (including phenoxy) is 1. The molecule has 0 fully saturated rings. The van der Waals surface area contributed by atoms with Crippen LogP contribution in [-0.4, -0.2) is 37.4 Å². The average molecular weight is 412 g/mol. The smallest absolute Gasteiger partial charge is 0.255 e. The van der Waals surface area contributed by atoms with Crippen LogP contribution in [0.5, 0.6) is 5.75 Å². The molecule has 0 saturated heterocycles. The van der Waals surface area contributed by atoms with E-state index in [1.807, 2.05) is 45.0 Å². The Kier molecular flexibility index (Phi) is 8.41. The van der Waals surface area contributed by atoms with Gasteiger partial charge >= 0.3 is 0 Å². The van der Waals surface area contributed by atoms with Crippen LogP contribution in [-0.2, 0) is 16.0 Å². The van der Waals surface area contributed by atoms with Gasteiger partial charge in [-0.25, -0.2) is 0 Å². The van der Waals surface area contributed by atoms with E-state index in [0.29, 0.717) is 11.3 Å². The standard InChI is InChI=1S/C23H29N3O4/c1-5-16-10-6-8-12-18(16)25-20(27)14-24-23(29)21(15(2)3)26-22(28)17-11-7-9-13-19(17)30-4/h6-13,15,21H,5,14H2,1-4H3,(H,24,29)(H,25,27)(H,26,28)/t21-/m0/s1. The van der Waals surface area contributed by atoms with Crippen molar-refractivity contribution in [1.82, 2.24) is 10.6 Å². The van der Waals surface area contributed by atoms with Crippen molar-refractivity contribution in [1.29, 1.82) is 0 Å². The first-order valence-electron chi connectivity index (χ1n) is 9.96. The summed E-state index contributed by atoms with van der Waals surface area (Å²) in [5, 5.41) is 8.16. The summed E-state index contributed by atoms with van der Waals surface area (Å²) < 4.78 is 5.21. The predicted molar refractivity (Wildman–Crippen MR) is 117 cm³/mol. The zero-order valence-electron chi connectivity index (χ0n) is 17.8. The fraction of sp³-hybridized carbons (Fsp3) is 0.348. The van der Waals surface area contributed by atoms with E-state index in [2.05, 4.69) is 16.0 Å². The zero-order valence-corrected chi connectivity index (χ0v) is 17.8. The van der Waals surface area contributed by atoms with Crippen molar-refractivity contribution >= 4 is 23.4 Å². The third-order valence-corrected chi connectivity index (χ3v) is 4.68. The first kappa shape index (κ1) is 22.9. The number of hydrogen-bond donors (Lipinski definition) is 3. The molecule has 0 aromatic heterocycles. The van der Waals surface area contributed by atoms with Crippen LogP contribution in [0.25, 0.3) is 0 Å². The van der Waals surface area contributed by atoms with Crippen molar-refractivity contribution in [3.8, 4) is 5.75 Å². The summed E-state index contributed by atoms with van der Waals surface area (Å²) in [7, 11) is 1.48. The lowest BCUT2D eigenvalue weighted by Gasteiger charge is -2.22. The first-order valence-corrected chi connectivity index (χ1v) is 9.96. The van der Waals surface area contributed by atoms with Crippen molar-refractivity contribution in [2.45, 2.75) is 33.2 Å². The maximum absolute atomic E-state index is 12.6. The molecule has 0 bridgehead atoms. The normalized spacial score (nSPS) is 11.5. The van der Waals surface area contributed by atoms with E-state index in [0.717, 1.165) is 17.7 Å². The number of benzene rings is 2. The summed E-state index contributed by atoms with van der Waals surface area (Å²) in [6.07, 6.45) is 0.785. The highest BCUT2D eigenvalue weighted by molar-refractivity contribution is 6.00. The Bertz CT molecular complexity index is 896. The lowest BCUT2D eigenvalue weighted by molar-refractivity contribution is -0.126. The molecule has 0 aliphatic rings. The number of carbonyl (C=O) groups is 3. The molecule has 2 rings (SSSR count). The number of anilines is 1. The van der Waals surface area contributed by atoms with E-state index >= 15 is 0 Å². The molecular formula is C23H29N3O4. The number of carbonyl (C=O) groups excluding carboxylic acids is 3. The maximum Gasteiger partial charge on any atom is 0.255 e. The molecule has 30 heavy (non-hydrogen) atoms. The number of methoxy groups -OCH3 is 1. The van der Waals surface area contributed by atoms with E-state index in [1.54, 1.807) is 24.3 Å². The number of hydrogen-bond acceptors (Lipinski definition) is 4. The topological polar surface area (TPSA) is 96.5 Å². The minimum absolute atomic E-state index is 0.174. The Hall–Kier alpha value is -3.35. The number of nitrogens with one attached hydrogen (secondary N) is 3. The third-order valence-electron chi connectivity index (χ3n) is 4.68. The molecule has 0 aliphatic carbocycles. The van der Waals surface area contributed by atoms with E-state index < -0.39 is 17.9 Å². The Labute approximate surface area is 177 Å². The molecular weight excluding hydrogens is 382 g/mol. The fourth-order valence-electron chi connectivity index (χ4n) is 3.01. The van der Waals surface area contributed by atoms with Crippen molar-refractivity contribution in [2.75, 3.05) is 19.0 Å². The monoisotopic (exact) mass is 411 g/mol. The highest BCUT2D eigenvalue weighted by Gasteiger charge is 2.26. The van der Waals surface area contributed by atoms with Gasteiger partial charge in [-0.3, -0.25) is 14.4 Å². The Morgan fingerprint density at radius 2 is 1.67 bits per heavy atom. The van der Waals surface area contributed by atoms with Crippen LogP contribution in [0, 0.1) is 5.92 Å². The number of amides is 3. The molecule has 2 aromatic carbocycles. The van der Waals surface area contributed by atoms with Crippen molar-refractivity contribution in [2.24, 2.45) is 5.92 Å². The highest BCUT2D eigenvalue weighted by atomic mass is 16.5. The largest absolute Gasteiger partial charge is 0.496 e. The second kappa shape index (κ2) is 11.0. The fourth-order valence-corrected chi connectivity index (χ4v) is 3.01. The molecule has 0 spiro atoms. The average Bonchev–Trinajstić information content (AvgIpc) is 2.75. The van der Waals surface area contributed by atoms with Gasteiger partial charge in [-0.2, -0.15) is 0 Å². The Balaban J connectivity index is 1.98. The lowest BCUT2D eigenvalue weighted by Crippen LogP contribution is -2.51. The molecule has 0 heterocycles. The quantitative estimate of drug-likeness (QED) is 0.591. The summed E-state index contributed by atoms with van der Waals surface area (Å²) in [6.45, 7) is 5.46. The highest BCUT2D eigenvalue weighted by Crippen LogP contribution is 2.18. The molecule has 0 radical (unpaired) electrons. The van der Waals surface area contributed by atoms with Crippen LogP contribution in [0.3, 0.4) is 0 Å². The van der Waals surface area contributed by atoms with E-state index in [4.69, 9.17) is 4.74 Å². The van der Waals surface area contributed by atoms with Crippen LogP contribution in [0.1, 0.15) is 36.7 Å². The number of aryl methyl sites for hydroxylation is 1. The van der Waals surface area contributed by atoms with Crippen LogP contribution in [0.4, 0.5) is 5.69 Å². The van der Waals surface area contributed by atoms with Gasteiger partial charge in [0, 0.05) is 5.69 Å². The molecule has 160 valence electrons. The van der Waals surface area contributed by atoms with Gasteiger partial charge in [0.2, 0.25) is 11.8 Å². The number of rotatable bonds is 9. The molecule has 3 N–H and O–H groups in total. The third kappa shape index (κ3) is 6.07. The van der Waals surface area contributed by atoms with E-state index in [9.17, 15) is 14.4 Å². The van der Waals surface area contributed by atoms with Gasteiger partial charge in [0.05, 0.1) is 19.2 Å². The van der Waals surface area contributed by atoms with Crippen LogP contribution in [0.15, 0.2) is 48.5 Å². The molecule has 2 aromatic rings. The summed E-state index contributed by atoms with van der Waals surface area (Å²) in [5.41, 5.74) is 2.08. The second-order valence-electron chi connectivity index (χ2n) is 7.17. The molecule has 0 saturated carbocycles. The summed E-state index contributed by atoms with van der Waals surface area (Å²) in [6, 6.07) is 13.5. The molecule has 0 unspecified atom stereocenters. The SMILES string of the molecule is CCc1ccccc1NC(=O)CNC(=O)[C@@H](NC(=O)c1ccccc1OC)C(C)C. The Morgan fingerprint density at radius 3 is 2.33 bits per heavy atom. The van der Waals surface area contributed by atoms with Gasteiger partial charge in [0.1, 0.15) is 11.8 Å². The van der Waals surface area contributed by atoms with Gasteiger partial charge in [-0.05, 0) is 36.1 Å². The molecule has 7 nitrogen and oxygen atoms in total. The molecule has 7 heteroatoms. The maximum atomic E-state index is 12.6. The second-order valence-corrected chi connectivity index (χ2v) is 7.17. The van der Waals surface area contributed by atoms with Gasteiger partial charge in [0.15, 0.2) is 0 Å². The molecule has 3 amide bonds. The van der Waals surface area contributed by atoms with Gasteiger partial charge < -0.3 is 20.7 Å². The summed E-state index contributed by atoms with van der Waals surface area (Å²) in [5.74, 6) is -0.919. The molecule has 1 atom stereocenters. The Morgan fingerprint density at radius 1 is 1.00 bits per heavy atom. The van der Waals surface area contributed by atoms with Gasteiger partial charge in [-0.1, -0.05) is 51.1 Å². The molecule has 0 aliphatic heterocycles. The van der Waals surface area contributed by atoms with Crippen molar-refractivity contribution in [3.63, 3.8) is 0 Å². The summed E-state index contributed by atoms with van der Waals surface area (Å²) in [4.78, 5) is 37.6. The lowest BCUT2D eigenvalue weighted by atomic mass is 10.0. The zero-order chi connectivity index (χ0) is 22.1. The predicted octanol–water partition coefficient (Wildman–Crippen LogP) is 2.77. The van der Waals surface area contributed by atoms with E-state index in [-0.39, 0.29) is 18.4 Å². The van der Waals surface area contributed by atoms with E-state index in [1.165, 1.54) is 7.11 Å². The van der Waals surface area contributed by atoms with Crippen molar-refractivity contribution in [3.05, 3.63) is 59.7 Å². The minimum atomic E-state index is -0.793. The first-order chi connectivity index (χ1) is 14.4. The summed E-state index contributed by atoms with van der Waals surface area (Å²) >= 11 is 0. The van der Waals surface area contributed by atoms with Crippen molar-refractivity contribution < 1.29 is 19.1 Å². The number of para-hydroxylation sites is 2.